The van der Waals surface area contributed by atoms with Crippen molar-refractivity contribution in [2.24, 2.45) is 10.1 Å². The second-order valence-electron chi connectivity index (χ2n) is 9.61. The first-order valence-corrected chi connectivity index (χ1v) is 14.6. The van der Waals surface area contributed by atoms with Gasteiger partial charge in [0, 0.05) is 5.56 Å². The van der Waals surface area contributed by atoms with Crippen molar-refractivity contribution in [2.45, 2.75) is 20.3 Å². The lowest BCUT2D eigenvalue weighted by atomic mass is 10.1. The van der Waals surface area contributed by atoms with E-state index in [1.54, 1.807) is 31.4 Å². The largest absolute Gasteiger partial charge is 0.493 e. The molecule has 2 heterocycles. The Balaban J connectivity index is 1.27. The SMILES string of the molecule is C=CCc1ccc(OCCOc2ccc(/C=C3/C(=N)N4N=C(c5ccc(C)cc5)SC4=NC3=O)cc2OCC)c(OC)c1. The molecule has 5 rings (SSSR count). The number of amides is 1. The van der Waals surface area contributed by atoms with E-state index in [1.807, 2.05) is 62.4 Å². The van der Waals surface area contributed by atoms with Crippen molar-refractivity contribution in [3.8, 4) is 23.0 Å². The monoisotopic (exact) mass is 596 g/mol. The zero-order chi connectivity index (χ0) is 30.3. The number of aliphatic imine (C=N–C) groups is 1. The van der Waals surface area contributed by atoms with Crippen molar-refractivity contribution in [3.63, 3.8) is 0 Å². The summed E-state index contributed by atoms with van der Waals surface area (Å²) in [4.78, 5) is 17.1. The highest BCUT2D eigenvalue weighted by molar-refractivity contribution is 8.27. The first kappa shape index (κ1) is 29.7. The zero-order valence-corrected chi connectivity index (χ0v) is 25.1. The van der Waals surface area contributed by atoms with Crippen LogP contribution in [-0.4, -0.2) is 53.9 Å². The van der Waals surface area contributed by atoms with Gasteiger partial charge in [0.2, 0.25) is 5.17 Å². The first-order chi connectivity index (χ1) is 20.9. The van der Waals surface area contributed by atoms with Crippen LogP contribution in [0.3, 0.4) is 0 Å². The number of hydrogen-bond acceptors (Lipinski definition) is 8. The average Bonchev–Trinajstić information content (AvgIpc) is 3.43. The molecule has 220 valence electrons. The first-order valence-electron chi connectivity index (χ1n) is 13.8. The summed E-state index contributed by atoms with van der Waals surface area (Å²) in [5.41, 5.74) is 3.93. The van der Waals surface area contributed by atoms with Gasteiger partial charge in [0.15, 0.2) is 28.8 Å². The van der Waals surface area contributed by atoms with E-state index in [-0.39, 0.29) is 18.0 Å². The molecule has 10 heteroatoms. The van der Waals surface area contributed by atoms with Gasteiger partial charge in [-0.2, -0.15) is 15.1 Å². The van der Waals surface area contributed by atoms with Crippen molar-refractivity contribution in [1.29, 1.82) is 5.41 Å². The number of aryl methyl sites for hydroxylation is 1. The van der Waals surface area contributed by atoms with Crippen LogP contribution < -0.4 is 18.9 Å². The molecule has 2 aliphatic heterocycles. The number of nitrogens with zero attached hydrogens (tertiary/aromatic N) is 3. The number of amidine groups is 2. The number of allylic oxidation sites excluding steroid dienone is 1. The molecule has 3 aromatic carbocycles. The summed E-state index contributed by atoms with van der Waals surface area (Å²) in [6.07, 6.45) is 4.20. The lowest BCUT2D eigenvalue weighted by molar-refractivity contribution is -0.114. The van der Waals surface area contributed by atoms with Gasteiger partial charge in [-0.3, -0.25) is 10.2 Å². The average molecular weight is 597 g/mol. The quantitative estimate of drug-likeness (QED) is 0.150. The lowest BCUT2D eigenvalue weighted by Crippen LogP contribution is -2.35. The van der Waals surface area contributed by atoms with Crippen LogP contribution in [0.5, 0.6) is 23.0 Å². The number of carbonyl (C=O) groups is 1. The highest BCUT2D eigenvalue weighted by atomic mass is 32.2. The van der Waals surface area contributed by atoms with Crippen LogP contribution in [0.2, 0.25) is 0 Å². The van der Waals surface area contributed by atoms with Crippen LogP contribution in [0.25, 0.3) is 6.08 Å². The molecule has 0 saturated carbocycles. The summed E-state index contributed by atoms with van der Waals surface area (Å²) in [6, 6.07) is 19.0. The third-order valence-electron chi connectivity index (χ3n) is 6.54. The number of rotatable bonds is 12. The van der Waals surface area contributed by atoms with E-state index in [1.165, 1.54) is 16.8 Å². The van der Waals surface area contributed by atoms with E-state index >= 15 is 0 Å². The van der Waals surface area contributed by atoms with Crippen LogP contribution in [0.4, 0.5) is 0 Å². The van der Waals surface area contributed by atoms with Gasteiger partial charge in [-0.1, -0.05) is 48.0 Å². The zero-order valence-electron chi connectivity index (χ0n) is 24.3. The minimum Gasteiger partial charge on any atom is -0.493 e. The standard InChI is InChI=1S/C33H32N4O5S/c1-5-7-22-10-14-26(28(19-22)39-4)41-16-17-42-27-15-11-23(20-29(27)40-6-2)18-25-30(34)37-33(35-31(25)38)43-32(36-37)24-12-8-21(3)9-13-24/h5,8-15,18-20,34H,1,6-7,16-17H2,2-4H3/b25-18-,34-30?. The summed E-state index contributed by atoms with van der Waals surface area (Å²) >= 11 is 1.27. The van der Waals surface area contributed by atoms with Crippen LogP contribution in [-0.2, 0) is 11.2 Å². The predicted molar refractivity (Wildman–Crippen MR) is 171 cm³/mol. The Hall–Kier alpha value is -4.83. The van der Waals surface area contributed by atoms with E-state index in [4.69, 9.17) is 24.4 Å². The molecule has 1 N–H and O–H groups in total. The van der Waals surface area contributed by atoms with Crippen LogP contribution in [0, 0.1) is 12.3 Å². The summed E-state index contributed by atoms with van der Waals surface area (Å²) in [6.45, 7) is 8.65. The number of thioether (sulfide) groups is 1. The molecule has 0 unspecified atom stereocenters. The normalized spacial score (nSPS) is 15.1. The maximum Gasteiger partial charge on any atom is 0.283 e. The van der Waals surface area contributed by atoms with Gasteiger partial charge < -0.3 is 18.9 Å². The Bertz CT molecular complexity index is 1650. The molecule has 0 fully saturated rings. The van der Waals surface area contributed by atoms with Gasteiger partial charge in [0.25, 0.3) is 5.91 Å². The van der Waals surface area contributed by atoms with Crippen molar-refractivity contribution in [3.05, 3.63) is 101 Å². The number of ether oxygens (including phenoxy) is 4. The molecule has 0 radical (unpaired) electrons. The third-order valence-corrected chi connectivity index (χ3v) is 7.50. The molecule has 1 amide bonds. The second-order valence-corrected chi connectivity index (χ2v) is 10.6. The third kappa shape index (κ3) is 6.81. The van der Waals surface area contributed by atoms with Gasteiger partial charge in [-0.25, -0.2) is 0 Å². The van der Waals surface area contributed by atoms with Crippen LogP contribution >= 0.6 is 11.8 Å². The molecule has 0 atom stereocenters. The molecule has 2 aliphatic rings. The van der Waals surface area contributed by atoms with Gasteiger partial charge in [0.1, 0.15) is 18.3 Å². The van der Waals surface area contributed by atoms with Crippen molar-refractivity contribution in [2.75, 3.05) is 26.9 Å². The number of hydrogen-bond donors (Lipinski definition) is 1. The number of hydrazone groups is 1. The Morgan fingerprint density at radius 1 is 0.953 bits per heavy atom. The Morgan fingerprint density at radius 2 is 1.67 bits per heavy atom. The van der Waals surface area contributed by atoms with Crippen molar-refractivity contribution < 1.29 is 23.7 Å². The highest BCUT2D eigenvalue weighted by Crippen LogP contribution is 2.33. The van der Waals surface area contributed by atoms with Crippen LogP contribution in [0.15, 0.2) is 89.0 Å². The molecule has 0 saturated heterocycles. The van der Waals surface area contributed by atoms with E-state index in [0.29, 0.717) is 52.0 Å². The van der Waals surface area contributed by atoms with Crippen molar-refractivity contribution in [1.82, 2.24) is 5.01 Å². The number of nitrogens with one attached hydrogen (secondary N) is 1. The Morgan fingerprint density at radius 3 is 2.37 bits per heavy atom. The van der Waals surface area contributed by atoms with Gasteiger partial charge >= 0.3 is 0 Å². The Kier molecular flexibility index (Phi) is 9.26. The van der Waals surface area contributed by atoms with E-state index in [9.17, 15) is 4.79 Å². The molecule has 0 bridgehead atoms. The van der Waals surface area contributed by atoms with Gasteiger partial charge in [-0.05, 0) is 73.5 Å². The molecule has 9 nitrogen and oxygen atoms in total. The smallest absolute Gasteiger partial charge is 0.283 e. The summed E-state index contributed by atoms with van der Waals surface area (Å²) in [5.74, 6) is 1.80. The van der Waals surface area contributed by atoms with Gasteiger partial charge in [0.05, 0.1) is 19.3 Å². The molecular formula is C33H32N4O5S. The highest BCUT2D eigenvalue weighted by Gasteiger charge is 2.36. The summed E-state index contributed by atoms with van der Waals surface area (Å²) in [7, 11) is 1.61. The maximum atomic E-state index is 12.9. The van der Waals surface area contributed by atoms with Crippen molar-refractivity contribution >= 4 is 39.8 Å². The molecule has 0 spiro atoms. The fourth-order valence-corrected chi connectivity index (χ4v) is 5.30. The molecular weight excluding hydrogens is 564 g/mol. The van der Waals surface area contributed by atoms with E-state index in [2.05, 4.69) is 16.7 Å². The van der Waals surface area contributed by atoms with E-state index in [0.717, 1.165) is 23.1 Å². The number of fused-ring (bicyclic) bond motifs is 1. The minimum atomic E-state index is -0.493. The lowest BCUT2D eigenvalue weighted by Gasteiger charge is -2.20. The Labute approximate surface area is 255 Å². The topological polar surface area (TPSA) is 106 Å². The van der Waals surface area contributed by atoms with Crippen LogP contribution in [0.1, 0.15) is 29.2 Å². The van der Waals surface area contributed by atoms with E-state index < -0.39 is 5.91 Å². The second kappa shape index (κ2) is 13.4. The minimum absolute atomic E-state index is 0.0343. The molecule has 3 aromatic rings. The fourth-order valence-electron chi connectivity index (χ4n) is 4.40. The number of methoxy groups -OCH3 is 1. The number of carbonyl (C=O) groups excluding carboxylic acids is 1. The molecule has 0 aliphatic carbocycles. The predicted octanol–water partition coefficient (Wildman–Crippen LogP) is 6.26. The fraction of sp³-hybridized carbons (Fsp3) is 0.212. The molecule has 43 heavy (non-hydrogen) atoms. The summed E-state index contributed by atoms with van der Waals surface area (Å²) < 4.78 is 23.1. The molecule has 0 aromatic heterocycles. The van der Waals surface area contributed by atoms with Gasteiger partial charge in [-0.15, -0.1) is 6.58 Å². The summed E-state index contributed by atoms with van der Waals surface area (Å²) in [5, 5.41) is 15.7. The maximum absolute atomic E-state index is 12.9. The number of benzene rings is 3.